The molecule has 0 spiro atoms. The highest BCUT2D eigenvalue weighted by Crippen LogP contribution is 2.19. The zero-order valence-electron chi connectivity index (χ0n) is 13.1. The van der Waals surface area contributed by atoms with Crippen molar-refractivity contribution in [2.45, 2.75) is 32.7 Å². The van der Waals surface area contributed by atoms with Crippen LogP contribution in [0, 0.1) is 5.82 Å². The SMILES string of the molecule is CC(C)c1cccc(N[C@@H](C)C(=O)Nc2ccccc2F)c1. The van der Waals surface area contributed by atoms with Gasteiger partial charge in [0.1, 0.15) is 11.9 Å². The van der Waals surface area contributed by atoms with E-state index in [2.05, 4.69) is 30.5 Å². The molecule has 2 aromatic carbocycles. The van der Waals surface area contributed by atoms with Crippen LogP contribution in [0.1, 0.15) is 32.3 Å². The Bertz CT molecular complexity index is 655. The first-order valence-electron chi connectivity index (χ1n) is 7.39. The van der Waals surface area contributed by atoms with E-state index in [0.29, 0.717) is 5.92 Å². The normalized spacial score (nSPS) is 12.0. The largest absolute Gasteiger partial charge is 0.374 e. The number of amides is 1. The summed E-state index contributed by atoms with van der Waals surface area (Å²) < 4.78 is 13.5. The predicted octanol–water partition coefficient (Wildman–Crippen LogP) is 4.39. The predicted molar refractivity (Wildman–Crippen MR) is 88.6 cm³/mol. The second-order valence-electron chi connectivity index (χ2n) is 5.62. The van der Waals surface area contributed by atoms with E-state index in [1.54, 1.807) is 25.1 Å². The van der Waals surface area contributed by atoms with E-state index in [4.69, 9.17) is 0 Å². The van der Waals surface area contributed by atoms with Crippen LogP contribution in [0.4, 0.5) is 15.8 Å². The molecule has 0 saturated carbocycles. The van der Waals surface area contributed by atoms with Gasteiger partial charge in [-0.15, -0.1) is 0 Å². The minimum Gasteiger partial charge on any atom is -0.374 e. The molecule has 1 amide bonds. The smallest absolute Gasteiger partial charge is 0.246 e. The number of hydrogen-bond donors (Lipinski definition) is 2. The van der Waals surface area contributed by atoms with Gasteiger partial charge in [-0.2, -0.15) is 0 Å². The Hall–Kier alpha value is -2.36. The first kappa shape index (κ1) is 16.0. The number of anilines is 2. The van der Waals surface area contributed by atoms with Gasteiger partial charge >= 0.3 is 0 Å². The topological polar surface area (TPSA) is 41.1 Å². The van der Waals surface area contributed by atoms with E-state index in [0.717, 1.165) is 5.69 Å². The summed E-state index contributed by atoms with van der Waals surface area (Å²) in [6.45, 7) is 5.99. The lowest BCUT2D eigenvalue weighted by Gasteiger charge is -2.17. The van der Waals surface area contributed by atoms with Crippen molar-refractivity contribution in [2.24, 2.45) is 0 Å². The second kappa shape index (κ2) is 7.07. The molecule has 0 aromatic heterocycles. The fourth-order valence-corrected chi connectivity index (χ4v) is 2.11. The maximum Gasteiger partial charge on any atom is 0.246 e. The maximum atomic E-state index is 13.5. The fraction of sp³-hybridized carbons (Fsp3) is 0.278. The molecule has 3 nitrogen and oxygen atoms in total. The van der Waals surface area contributed by atoms with Crippen LogP contribution in [0.5, 0.6) is 0 Å². The molecule has 4 heteroatoms. The van der Waals surface area contributed by atoms with E-state index in [-0.39, 0.29) is 11.6 Å². The van der Waals surface area contributed by atoms with Crippen molar-refractivity contribution in [3.05, 3.63) is 59.9 Å². The molecule has 1 atom stereocenters. The van der Waals surface area contributed by atoms with E-state index < -0.39 is 11.9 Å². The van der Waals surface area contributed by atoms with Gasteiger partial charge in [-0.05, 0) is 42.7 Å². The Morgan fingerprint density at radius 1 is 1.05 bits per heavy atom. The Balaban J connectivity index is 2.02. The van der Waals surface area contributed by atoms with Crippen LogP contribution in [0.25, 0.3) is 0 Å². The molecule has 0 bridgehead atoms. The molecule has 2 aromatic rings. The molecule has 2 N–H and O–H groups in total. The third-order valence-corrected chi connectivity index (χ3v) is 3.46. The Morgan fingerprint density at radius 2 is 1.77 bits per heavy atom. The summed E-state index contributed by atoms with van der Waals surface area (Å²) in [5.74, 6) is -0.297. The van der Waals surface area contributed by atoms with Crippen LogP contribution >= 0.6 is 0 Å². The van der Waals surface area contributed by atoms with Gasteiger partial charge in [0.25, 0.3) is 0 Å². The first-order valence-corrected chi connectivity index (χ1v) is 7.39. The minimum atomic E-state index is -0.470. The Kier molecular flexibility index (Phi) is 5.15. The van der Waals surface area contributed by atoms with Crippen molar-refractivity contribution < 1.29 is 9.18 Å². The van der Waals surface area contributed by atoms with E-state index >= 15 is 0 Å². The number of carbonyl (C=O) groups excluding carboxylic acids is 1. The van der Waals surface area contributed by atoms with Crippen LogP contribution in [0.2, 0.25) is 0 Å². The molecule has 0 heterocycles. The Morgan fingerprint density at radius 3 is 2.45 bits per heavy atom. The number of rotatable bonds is 5. The lowest BCUT2D eigenvalue weighted by Crippen LogP contribution is -2.32. The van der Waals surface area contributed by atoms with Crippen molar-refractivity contribution in [1.29, 1.82) is 0 Å². The average molecular weight is 300 g/mol. The highest BCUT2D eigenvalue weighted by Gasteiger charge is 2.14. The van der Waals surface area contributed by atoms with Gasteiger partial charge in [0, 0.05) is 5.69 Å². The maximum absolute atomic E-state index is 13.5. The average Bonchev–Trinajstić information content (AvgIpc) is 2.49. The number of para-hydroxylation sites is 1. The summed E-state index contributed by atoms with van der Waals surface area (Å²) in [4.78, 5) is 12.1. The molecule has 0 saturated heterocycles. The van der Waals surface area contributed by atoms with Gasteiger partial charge in [-0.3, -0.25) is 4.79 Å². The molecular formula is C18H21FN2O. The number of hydrogen-bond acceptors (Lipinski definition) is 2. The van der Waals surface area contributed by atoms with Gasteiger partial charge in [-0.25, -0.2) is 4.39 Å². The molecule has 0 radical (unpaired) electrons. The number of benzene rings is 2. The van der Waals surface area contributed by atoms with Crippen LogP contribution in [-0.2, 0) is 4.79 Å². The van der Waals surface area contributed by atoms with E-state index in [9.17, 15) is 9.18 Å². The second-order valence-corrected chi connectivity index (χ2v) is 5.62. The zero-order valence-corrected chi connectivity index (χ0v) is 13.1. The molecule has 0 aliphatic rings. The molecule has 0 aliphatic heterocycles. The summed E-state index contributed by atoms with van der Waals surface area (Å²) in [6.07, 6.45) is 0. The third kappa shape index (κ3) is 4.07. The van der Waals surface area contributed by atoms with Crippen molar-refractivity contribution in [3.8, 4) is 0 Å². The van der Waals surface area contributed by atoms with Crippen LogP contribution in [0.15, 0.2) is 48.5 Å². The molecule has 0 fully saturated rings. The number of carbonyl (C=O) groups is 1. The van der Waals surface area contributed by atoms with Crippen molar-refractivity contribution in [3.63, 3.8) is 0 Å². The molecule has 2 rings (SSSR count). The van der Waals surface area contributed by atoms with Crippen molar-refractivity contribution >= 4 is 17.3 Å². The van der Waals surface area contributed by atoms with Gasteiger partial charge in [0.2, 0.25) is 5.91 Å². The van der Waals surface area contributed by atoms with Crippen LogP contribution in [-0.4, -0.2) is 11.9 Å². The lowest BCUT2D eigenvalue weighted by atomic mass is 10.0. The number of halogens is 1. The highest BCUT2D eigenvalue weighted by atomic mass is 19.1. The number of nitrogens with one attached hydrogen (secondary N) is 2. The molecule has 22 heavy (non-hydrogen) atoms. The summed E-state index contributed by atoms with van der Waals surface area (Å²) in [7, 11) is 0. The molecule has 0 aliphatic carbocycles. The van der Waals surface area contributed by atoms with E-state index in [1.807, 2.05) is 18.2 Å². The van der Waals surface area contributed by atoms with Gasteiger partial charge < -0.3 is 10.6 Å². The summed E-state index contributed by atoms with van der Waals surface area (Å²) in [5.41, 5.74) is 2.27. The summed E-state index contributed by atoms with van der Waals surface area (Å²) in [5, 5.41) is 5.73. The fourth-order valence-electron chi connectivity index (χ4n) is 2.11. The van der Waals surface area contributed by atoms with Crippen LogP contribution in [0.3, 0.4) is 0 Å². The summed E-state index contributed by atoms with van der Waals surface area (Å²) >= 11 is 0. The first-order chi connectivity index (χ1) is 10.5. The van der Waals surface area contributed by atoms with Gasteiger partial charge in [0.05, 0.1) is 5.69 Å². The van der Waals surface area contributed by atoms with Crippen molar-refractivity contribution in [2.75, 3.05) is 10.6 Å². The molecule has 0 unspecified atom stereocenters. The third-order valence-electron chi connectivity index (χ3n) is 3.46. The lowest BCUT2D eigenvalue weighted by molar-refractivity contribution is -0.116. The summed E-state index contributed by atoms with van der Waals surface area (Å²) in [6, 6.07) is 13.6. The molecule has 116 valence electrons. The molecular weight excluding hydrogens is 279 g/mol. The van der Waals surface area contributed by atoms with Gasteiger partial charge in [-0.1, -0.05) is 38.1 Å². The standard InChI is InChI=1S/C18H21FN2O/c1-12(2)14-7-6-8-15(11-14)20-13(3)18(22)21-17-10-5-4-9-16(17)19/h4-13,20H,1-3H3,(H,21,22)/t13-/m0/s1. The monoisotopic (exact) mass is 300 g/mol. The van der Waals surface area contributed by atoms with Gasteiger partial charge in [0.15, 0.2) is 0 Å². The minimum absolute atomic E-state index is 0.192. The van der Waals surface area contributed by atoms with Crippen molar-refractivity contribution in [1.82, 2.24) is 0 Å². The Labute approximate surface area is 130 Å². The van der Waals surface area contributed by atoms with Crippen LogP contribution < -0.4 is 10.6 Å². The highest BCUT2D eigenvalue weighted by molar-refractivity contribution is 5.96. The van der Waals surface area contributed by atoms with E-state index in [1.165, 1.54) is 11.6 Å². The zero-order chi connectivity index (χ0) is 16.1. The quantitative estimate of drug-likeness (QED) is 0.860.